The number of fused-ring (bicyclic) bond motifs is 1. The predicted octanol–water partition coefficient (Wildman–Crippen LogP) is 5.27. The number of carbonyl (C=O) groups excluding carboxylic acids is 2. The molecule has 0 fully saturated rings. The Labute approximate surface area is 193 Å². The minimum Gasteiger partial charge on any atom is -0.337 e. The van der Waals surface area contributed by atoms with Crippen molar-refractivity contribution in [3.63, 3.8) is 0 Å². The van der Waals surface area contributed by atoms with Crippen LogP contribution in [0.2, 0.25) is 0 Å². The van der Waals surface area contributed by atoms with E-state index in [9.17, 15) is 14.0 Å². The zero-order valence-corrected chi connectivity index (χ0v) is 17.7. The number of imidazole rings is 1. The molecule has 2 amide bonds. The van der Waals surface area contributed by atoms with Crippen LogP contribution < -0.4 is 10.6 Å². The number of pyridine rings is 1. The van der Waals surface area contributed by atoms with Crippen molar-refractivity contribution in [1.82, 2.24) is 15.0 Å². The molecule has 2 heterocycles. The SMILES string of the molecule is O=C(Nc1ccc(-c2nc3cc(NC(=O)c4ccc(F)cc4)ncc3[nH]2)cc1)c1ccccc1. The smallest absolute Gasteiger partial charge is 0.256 e. The van der Waals surface area contributed by atoms with E-state index >= 15 is 0 Å². The molecule has 0 radical (unpaired) electrons. The van der Waals surface area contributed by atoms with Crippen LogP contribution in [0.1, 0.15) is 20.7 Å². The summed E-state index contributed by atoms with van der Waals surface area (Å²) in [5, 5.41) is 5.56. The van der Waals surface area contributed by atoms with Crippen molar-refractivity contribution in [3.05, 3.63) is 108 Å². The fourth-order valence-electron chi connectivity index (χ4n) is 3.41. The fourth-order valence-corrected chi connectivity index (χ4v) is 3.41. The van der Waals surface area contributed by atoms with Crippen molar-refractivity contribution in [1.29, 1.82) is 0 Å². The number of H-pyrrole nitrogens is 1. The van der Waals surface area contributed by atoms with Crippen LogP contribution in [0.4, 0.5) is 15.9 Å². The van der Waals surface area contributed by atoms with Gasteiger partial charge < -0.3 is 15.6 Å². The van der Waals surface area contributed by atoms with Gasteiger partial charge in [0, 0.05) is 28.4 Å². The summed E-state index contributed by atoms with van der Waals surface area (Å²) in [5.41, 5.74) is 3.73. The lowest BCUT2D eigenvalue weighted by Crippen LogP contribution is -2.12. The summed E-state index contributed by atoms with van der Waals surface area (Å²) in [5.74, 6) is -0.0283. The number of aromatic nitrogens is 3. The second-order valence-corrected chi connectivity index (χ2v) is 7.53. The third kappa shape index (κ3) is 4.51. The van der Waals surface area contributed by atoms with Gasteiger partial charge in [-0.05, 0) is 60.7 Å². The van der Waals surface area contributed by atoms with Gasteiger partial charge in [0.25, 0.3) is 11.8 Å². The lowest BCUT2D eigenvalue weighted by Gasteiger charge is -2.05. The van der Waals surface area contributed by atoms with Crippen LogP contribution in [0.3, 0.4) is 0 Å². The number of nitrogens with zero attached hydrogens (tertiary/aromatic N) is 2. The molecule has 34 heavy (non-hydrogen) atoms. The van der Waals surface area contributed by atoms with Crippen LogP contribution in [0.25, 0.3) is 22.4 Å². The van der Waals surface area contributed by atoms with E-state index in [-0.39, 0.29) is 5.91 Å². The maximum absolute atomic E-state index is 13.1. The second kappa shape index (κ2) is 8.95. The number of aromatic amines is 1. The first-order valence-electron chi connectivity index (χ1n) is 10.4. The fraction of sp³-hybridized carbons (Fsp3) is 0. The molecule has 7 nitrogen and oxygen atoms in total. The number of benzene rings is 3. The summed E-state index contributed by atoms with van der Waals surface area (Å²) < 4.78 is 13.1. The van der Waals surface area contributed by atoms with E-state index in [0.29, 0.717) is 39.5 Å². The van der Waals surface area contributed by atoms with Gasteiger partial charge in [0.1, 0.15) is 17.5 Å². The number of anilines is 2. The highest BCUT2D eigenvalue weighted by atomic mass is 19.1. The normalized spacial score (nSPS) is 10.7. The molecular formula is C26H18FN5O2. The van der Waals surface area contributed by atoms with Gasteiger partial charge in [0.2, 0.25) is 0 Å². The highest BCUT2D eigenvalue weighted by Crippen LogP contribution is 2.23. The lowest BCUT2D eigenvalue weighted by molar-refractivity contribution is 0.101. The first-order valence-corrected chi connectivity index (χ1v) is 10.4. The van der Waals surface area contributed by atoms with Crippen molar-refractivity contribution >= 4 is 34.4 Å². The van der Waals surface area contributed by atoms with Gasteiger partial charge in [0.15, 0.2) is 0 Å². The standard InChI is InChI=1S/C26H18FN5O2/c27-19-10-6-18(7-11-19)26(34)32-23-14-21-22(15-28-23)31-24(30-21)16-8-12-20(13-9-16)29-25(33)17-4-2-1-3-5-17/h1-15H,(H,29,33)(H,30,31)(H,28,32,34). The number of halogens is 1. The van der Waals surface area contributed by atoms with Gasteiger partial charge in [0.05, 0.1) is 17.2 Å². The Hall–Kier alpha value is -4.85. The van der Waals surface area contributed by atoms with Gasteiger partial charge >= 0.3 is 0 Å². The Balaban J connectivity index is 1.31. The van der Waals surface area contributed by atoms with Gasteiger partial charge in [-0.3, -0.25) is 9.59 Å². The van der Waals surface area contributed by atoms with Crippen LogP contribution in [0, 0.1) is 5.82 Å². The molecule has 0 aliphatic rings. The quantitative estimate of drug-likeness (QED) is 0.339. The number of hydrogen-bond donors (Lipinski definition) is 3. The summed E-state index contributed by atoms with van der Waals surface area (Å²) in [6, 6.07) is 23.2. The average molecular weight is 451 g/mol. The highest BCUT2D eigenvalue weighted by Gasteiger charge is 2.11. The second-order valence-electron chi connectivity index (χ2n) is 7.53. The van der Waals surface area contributed by atoms with E-state index in [1.165, 1.54) is 24.3 Å². The number of carbonyl (C=O) groups is 2. The number of rotatable bonds is 5. The largest absolute Gasteiger partial charge is 0.337 e. The van der Waals surface area contributed by atoms with Crippen molar-refractivity contribution < 1.29 is 14.0 Å². The molecule has 0 saturated heterocycles. The molecule has 0 bridgehead atoms. The summed E-state index contributed by atoms with van der Waals surface area (Å²) in [6.45, 7) is 0. The Morgan fingerprint density at radius 1 is 0.794 bits per heavy atom. The van der Waals surface area contributed by atoms with E-state index < -0.39 is 11.7 Å². The minimum absolute atomic E-state index is 0.182. The van der Waals surface area contributed by atoms with Crippen molar-refractivity contribution in [2.45, 2.75) is 0 Å². The number of nitrogens with one attached hydrogen (secondary N) is 3. The predicted molar refractivity (Wildman–Crippen MR) is 128 cm³/mol. The Kier molecular flexibility index (Phi) is 5.53. The molecule has 5 rings (SSSR count). The Bertz CT molecular complexity index is 1480. The van der Waals surface area contributed by atoms with E-state index in [0.717, 1.165) is 5.56 Å². The highest BCUT2D eigenvalue weighted by molar-refractivity contribution is 6.05. The van der Waals surface area contributed by atoms with Crippen LogP contribution >= 0.6 is 0 Å². The molecule has 8 heteroatoms. The monoisotopic (exact) mass is 451 g/mol. The third-order valence-corrected chi connectivity index (χ3v) is 5.17. The van der Waals surface area contributed by atoms with Crippen molar-refractivity contribution in [3.8, 4) is 11.4 Å². The maximum Gasteiger partial charge on any atom is 0.256 e. The summed E-state index contributed by atoms with van der Waals surface area (Å²) in [7, 11) is 0. The van der Waals surface area contributed by atoms with Crippen LogP contribution in [0.15, 0.2) is 91.1 Å². The summed E-state index contributed by atoms with van der Waals surface area (Å²) in [6.07, 6.45) is 1.58. The van der Waals surface area contributed by atoms with Gasteiger partial charge in [-0.15, -0.1) is 0 Å². The zero-order valence-electron chi connectivity index (χ0n) is 17.7. The third-order valence-electron chi connectivity index (χ3n) is 5.17. The van der Waals surface area contributed by atoms with Gasteiger partial charge in [-0.25, -0.2) is 14.4 Å². The van der Waals surface area contributed by atoms with Crippen LogP contribution in [-0.2, 0) is 0 Å². The Morgan fingerprint density at radius 3 is 2.21 bits per heavy atom. The van der Waals surface area contributed by atoms with Gasteiger partial charge in [-0.1, -0.05) is 18.2 Å². The zero-order chi connectivity index (χ0) is 23.5. The van der Waals surface area contributed by atoms with E-state index in [1.807, 2.05) is 30.3 Å². The molecule has 3 aromatic carbocycles. The van der Waals surface area contributed by atoms with Crippen molar-refractivity contribution in [2.75, 3.05) is 10.6 Å². The molecule has 0 aliphatic heterocycles. The van der Waals surface area contributed by atoms with Crippen LogP contribution in [-0.4, -0.2) is 26.8 Å². The van der Waals surface area contributed by atoms with E-state index in [1.54, 1.807) is 36.5 Å². The number of amides is 2. The van der Waals surface area contributed by atoms with E-state index in [2.05, 4.69) is 25.6 Å². The average Bonchev–Trinajstić information content (AvgIpc) is 3.29. The molecule has 0 atom stereocenters. The van der Waals surface area contributed by atoms with E-state index in [4.69, 9.17) is 0 Å². The molecular weight excluding hydrogens is 433 g/mol. The molecule has 2 aromatic heterocycles. The summed E-state index contributed by atoms with van der Waals surface area (Å²) >= 11 is 0. The summed E-state index contributed by atoms with van der Waals surface area (Å²) in [4.78, 5) is 36.7. The maximum atomic E-state index is 13.1. The first kappa shape index (κ1) is 21.0. The molecule has 0 saturated carbocycles. The molecule has 5 aromatic rings. The Morgan fingerprint density at radius 2 is 1.47 bits per heavy atom. The van der Waals surface area contributed by atoms with Gasteiger partial charge in [-0.2, -0.15) is 0 Å². The molecule has 166 valence electrons. The molecule has 0 spiro atoms. The lowest BCUT2D eigenvalue weighted by atomic mass is 10.1. The molecule has 3 N–H and O–H groups in total. The topological polar surface area (TPSA) is 99.8 Å². The van der Waals surface area contributed by atoms with Crippen molar-refractivity contribution in [2.24, 2.45) is 0 Å². The molecule has 0 unspecified atom stereocenters. The van der Waals surface area contributed by atoms with Crippen LogP contribution in [0.5, 0.6) is 0 Å². The number of hydrogen-bond acceptors (Lipinski definition) is 4. The first-order chi connectivity index (χ1) is 16.5. The molecule has 0 aliphatic carbocycles. The minimum atomic E-state index is -0.410.